The van der Waals surface area contributed by atoms with Gasteiger partial charge in [-0.2, -0.15) is 0 Å². The largest absolute Gasteiger partial charge is 0.371 e. The Morgan fingerprint density at radius 1 is 1.40 bits per heavy atom. The van der Waals surface area contributed by atoms with E-state index >= 15 is 0 Å². The molecule has 2 nitrogen and oxygen atoms in total. The predicted octanol–water partition coefficient (Wildman–Crippen LogP) is 2.34. The van der Waals surface area contributed by atoms with Gasteiger partial charge in [0, 0.05) is 22.3 Å². The van der Waals surface area contributed by atoms with Crippen molar-refractivity contribution in [3.8, 4) is 0 Å². The van der Waals surface area contributed by atoms with Gasteiger partial charge in [-0.25, -0.2) is 0 Å². The number of hydrogen-bond acceptors (Lipinski definition) is 2. The molecular weight excluding hydrogens is 299 g/mol. The first-order valence-electron chi connectivity index (χ1n) is 5.44. The molecule has 15 heavy (non-hydrogen) atoms. The second kappa shape index (κ2) is 5.16. The van der Waals surface area contributed by atoms with Gasteiger partial charge in [-0.3, -0.25) is 0 Å². The molecule has 0 bridgehead atoms. The summed E-state index contributed by atoms with van der Waals surface area (Å²) in [7, 11) is 2.04. The number of hydrogen-bond donors (Lipinski definition) is 1. The van der Waals surface area contributed by atoms with Crippen LogP contribution in [-0.4, -0.2) is 26.7 Å². The van der Waals surface area contributed by atoms with Crippen molar-refractivity contribution in [1.82, 2.24) is 5.32 Å². The predicted molar refractivity (Wildman–Crippen MR) is 73.4 cm³/mol. The van der Waals surface area contributed by atoms with Crippen LogP contribution >= 0.6 is 22.6 Å². The molecule has 0 aliphatic carbocycles. The molecule has 2 rings (SSSR count). The van der Waals surface area contributed by atoms with E-state index in [4.69, 9.17) is 0 Å². The molecule has 1 N–H and O–H groups in total. The van der Waals surface area contributed by atoms with Crippen molar-refractivity contribution >= 4 is 28.3 Å². The Morgan fingerprint density at radius 3 is 2.80 bits per heavy atom. The van der Waals surface area contributed by atoms with E-state index < -0.39 is 0 Å². The summed E-state index contributed by atoms with van der Waals surface area (Å²) in [5, 5.41) is 3.26. The number of nitrogens with zero attached hydrogens (tertiary/aromatic N) is 1. The van der Waals surface area contributed by atoms with E-state index in [-0.39, 0.29) is 0 Å². The SMILES string of the molecule is CNCC1CCN(c2ccc(I)cc2)C1. The van der Waals surface area contributed by atoms with Crippen LogP contribution in [0.15, 0.2) is 24.3 Å². The topological polar surface area (TPSA) is 15.3 Å². The van der Waals surface area contributed by atoms with E-state index in [0.717, 1.165) is 12.5 Å². The molecule has 0 spiro atoms. The van der Waals surface area contributed by atoms with Gasteiger partial charge >= 0.3 is 0 Å². The Morgan fingerprint density at radius 2 is 2.13 bits per heavy atom. The van der Waals surface area contributed by atoms with Crippen LogP contribution in [0.5, 0.6) is 0 Å². The Bertz CT molecular complexity index is 310. The van der Waals surface area contributed by atoms with E-state index in [1.165, 1.54) is 28.8 Å². The summed E-state index contributed by atoms with van der Waals surface area (Å²) in [5.41, 5.74) is 1.37. The summed E-state index contributed by atoms with van der Waals surface area (Å²) in [6, 6.07) is 8.82. The normalized spacial score (nSPS) is 20.9. The van der Waals surface area contributed by atoms with Crippen LogP contribution in [0.2, 0.25) is 0 Å². The van der Waals surface area contributed by atoms with Gasteiger partial charge in [-0.05, 0) is 72.8 Å². The van der Waals surface area contributed by atoms with Gasteiger partial charge in [-0.1, -0.05) is 0 Å². The third-order valence-electron chi connectivity index (χ3n) is 2.97. The van der Waals surface area contributed by atoms with Crippen molar-refractivity contribution in [3.05, 3.63) is 27.8 Å². The summed E-state index contributed by atoms with van der Waals surface area (Å²) in [6.07, 6.45) is 1.31. The number of nitrogens with one attached hydrogen (secondary N) is 1. The first-order valence-corrected chi connectivity index (χ1v) is 6.52. The number of benzene rings is 1. The molecule has 1 heterocycles. The lowest BCUT2D eigenvalue weighted by molar-refractivity contribution is 0.549. The fraction of sp³-hybridized carbons (Fsp3) is 0.500. The first kappa shape index (κ1) is 11.2. The van der Waals surface area contributed by atoms with Gasteiger partial charge in [0.15, 0.2) is 0 Å². The van der Waals surface area contributed by atoms with Crippen LogP contribution < -0.4 is 10.2 Å². The van der Waals surface area contributed by atoms with Gasteiger partial charge in [0.1, 0.15) is 0 Å². The zero-order valence-electron chi connectivity index (χ0n) is 9.04. The van der Waals surface area contributed by atoms with E-state index in [2.05, 4.69) is 57.1 Å². The molecule has 0 aromatic heterocycles. The zero-order valence-corrected chi connectivity index (χ0v) is 11.2. The second-order valence-electron chi connectivity index (χ2n) is 4.13. The molecule has 1 fully saturated rings. The summed E-state index contributed by atoms with van der Waals surface area (Å²) in [6.45, 7) is 3.54. The van der Waals surface area contributed by atoms with Gasteiger partial charge < -0.3 is 10.2 Å². The van der Waals surface area contributed by atoms with Crippen molar-refractivity contribution < 1.29 is 0 Å². The van der Waals surface area contributed by atoms with Crippen LogP contribution in [0.1, 0.15) is 6.42 Å². The second-order valence-corrected chi connectivity index (χ2v) is 5.38. The van der Waals surface area contributed by atoms with Crippen molar-refractivity contribution in [2.45, 2.75) is 6.42 Å². The van der Waals surface area contributed by atoms with Crippen molar-refractivity contribution in [3.63, 3.8) is 0 Å². The maximum atomic E-state index is 3.26. The van der Waals surface area contributed by atoms with E-state index in [0.29, 0.717) is 0 Å². The van der Waals surface area contributed by atoms with Crippen LogP contribution in [0, 0.1) is 9.49 Å². The highest BCUT2D eigenvalue weighted by Gasteiger charge is 2.21. The first-order chi connectivity index (χ1) is 7.29. The van der Waals surface area contributed by atoms with Crippen LogP contribution in [0.4, 0.5) is 5.69 Å². The smallest absolute Gasteiger partial charge is 0.0367 e. The van der Waals surface area contributed by atoms with E-state index in [9.17, 15) is 0 Å². The van der Waals surface area contributed by atoms with Crippen LogP contribution in [0.3, 0.4) is 0 Å². The monoisotopic (exact) mass is 316 g/mol. The van der Waals surface area contributed by atoms with Crippen molar-refractivity contribution in [1.29, 1.82) is 0 Å². The molecule has 82 valence electrons. The molecule has 1 aromatic rings. The van der Waals surface area contributed by atoms with E-state index in [1.54, 1.807) is 0 Å². The summed E-state index contributed by atoms with van der Waals surface area (Å²) >= 11 is 2.35. The average molecular weight is 316 g/mol. The molecule has 1 saturated heterocycles. The highest BCUT2D eigenvalue weighted by atomic mass is 127. The molecule has 1 aromatic carbocycles. The standard InChI is InChI=1S/C12H17IN2/c1-14-8-10-6-7-15(9-10)12-4-2-11(13)3-5-12/h2-5,10,14H,6-9H2,1H3. The van der Waals surface area contributed by atoms with Crippen molar-refractivity contribution in [2.24, 2.45) is 5.92 Å². The van der Waals surface area contributed by atoms with Gasteiger partial charge in [-0.15, -0.1) is 0 Å². The zero-order chi connectivity index (χ0) is 10.7. The maximum Gasteiger partial charge on any atom is 0.0367 e. The van der Waals surface area contributed by atoms with Gasteiger partial charge in [0.2, 0.25) is 0 Å². The summed E-state index contributed by atoms with van der Waals surface area (Å²) < 4.78 is 1.31. The summed E-state index contributed by atoms with van der Waals surface area (Å²) in [4.78, 5) is 2.48. The molecule has 3 heteroatoms. The van der Waals surface area contributed by atoms with E-state index in [1.807, 2.05) is 7.05 Å². The minimum absolute atomic E-state index is 0.814. The molecule has 0 radical (unpaired) electrons. The third kappa shape index (κ3) is 2.84. The highest BCUT2D eigenvalue weighted by Crippen LogP contribution is 2.23. The van der Waals surface area contributed by atoms with Gasteiger partial charge in [0.25, 0.3) is 0 Å². The number of halogens is 1. The Balaban J connectivity index is 1.98. The maximum absolute atomic E-state index is 3.26. The lowest BCUT2D eigenvalue weighted by atomic mass is 10.1. The highest BCUT2D eigenvalue weighted by molar-refractivity contribution is 14.1. The van der Waals surface area contributed by atoms with Gasteiger partial charge in [0.05, 0.1) is 0 Å². The third-order valence-corrected chi connectivity index (χ3v) is 3.69. The van der Waals surface area contributed by atoms with Crippen LogP contribution in [-0.2, 0) is 0 Å². The lowest BCUT2D eigenvalue weighted by Crippen LogP contribution is -2.24. The molecule has 1 atom stereocenters. The Kier molecular flexibility index (Phi) is 3.86. The Labute approximate surface area is 105 Å². The Hall–Kier alpha value is -0.290. The minimum atomic E-state index is 0.814. The molecular formula is C12H17IN2. The lowest BCUT2D eigenvalue weighted by Gasteiger charge is -2.18. The number of anilines is 1. The minimum Gasteiger partial charge on any atom is -0.371 e. The average Bonchev–Trinajstić information content (AvgIpc) is 2.68. The molecule has 0 amide bonds. The number of rotatable bonds is 3. The summed E-state index contributed by atoms with van der Waals surface area (Å²) in [5.74, 6) is 0.814. The fourth-order valence-electron chi connectivity index (χ4n) is 2.17. The molecule has 1 unspecified atom stereocenters. The molecule has 1 aliphatic heterocycles. The fourth-order valence-corrected chi connectivity index (χ4v) is 2.53. The van der Waals surface area contributed by atoms with Crippen molar-refractivity contribution in [2.75, 3.05) is 31.6 Å². The quantitative estimate of drug-likeness (QED) is 0.861. The van der Waals surface area contributed by atoms with Crippen LogP contribution in [0.25, 0.3) is 0 Å². The molecule has 1 aliphatic rings. The molecule has 0 saturated carbocycles.